The Bertz CT molecular complexity index is 1310. The van der Waals surface area contributed by atoms with Crippen LogP contribution in [-0.2, 0) is 15.6 Å². The summed E-state index contributed by atoms with van der Waals surface area (Å²) in [6.07, 6.45) is 0. The number of hydrogen-bond donors (Lipinski definition) is 0. The number of furan rings is 1. The maximum Gasteiger partial charge on any atom is 0.379 e. The van der Waals surface area contributed by atoms with E-state index in [1.165, 1.54) is 24.3 Å². The molecule has 0 radical (unpaired) electrons. The van der Waals surface area contributed by atoms with E-state index in [1.807, 2.05) is 24.3 Å². The fourth-order valence-corrected chi connectivity index (χ4v) is 4.28. The number of sulfone groups is 1. The molecule has 0 unspecified atom stereocenters. The van der Waals surface area contributed by atoms with E-state index in [1.54, 1.807) is 37.4 Å². The summed E-state index contributed by atoms with van der Waals surface area (Å²) in [4.78, 5) is 12.6. The molecule has 0 aliphatic carbocycles. The van der Waals surface area contributed by atoms with E-state index in [-0.39, 0.29) is 22.2 Å². The Balaban J connectivity index is 1.50. The zero-order chi connectivity index (χ0) is 21.1. The normalized spacial score (nSPS) is 11.4. The second kappa shape index (κ2) is 8.04. The number of esters is 1. The van der Waals surface area contributed by atoms with E-state index in [4.69, 9.17) is 13.9 Å². The van der Waals surface area contributed by atoms with Gasteiger partial charge in [-0.3, -0.25) is 0 Å². The van der Waals surface area contributed by atoms with Crippen LogP contribution in [0.1, 0.15) is 16.3 Å². The molecule has 0 saturated carbocycles. The minimum atomic E-state index is -3.57. The molecule has 152 valence electrons. The quantitative estimate of drug-likeness (QED) is 0.333. The van der Waals surface area contributed by atoms with E-state index in [9.17, 15) is 13.2 Å². The first-order valence-electron chi connectivity index (χ1n) is 9.11. The molecule has 0 atom stereocenters. The lowest BCUT2D eigenvalue weighted by molar-refractivity contribution is 0.0700. The number of carbonyl (C=O) groups is 1. The van der Waals surface area contributed by atoms with Crippen molar-refractivity contribution in [3.63, 3.8) is 0 Å². The maximum atomic E-state index is 12.5. The monoisotopic (exact) mass is 422 g/mol. The summed E-state index contributed by atoms with van der Waals surface area (Å²) in [5.74, 6) is 0.0746. The summed E-state index contributed by atoms with van der Waals surface area (Å²) >= 11 is 0. The lowest BCUT2D eigenvalue weighted by atomic mass is 10.1. The Morgan fingerprint density at radius 3 is 2.30 bits per heavy atom. The Kier molecular flexibility index (Phi) is 5.29. The van der Waals surface area contributed by atoms with Crippen LogP contribution in [0, 0.1) is 0 Å². The summed E-state index contributed by atoms with van der Waals surface area (Å²) in [7, 11) is -1.99. The van der Waals surface area contributed by atoms with Crippen LogP contribution >= 0.6 is 0 Å². The van der Waals surface area contributed by atoms with Crippen molar-refractivity contribution >= 4 is 26.6 Å². The molecule has 1 aromatic heterocycles. The molecule has 7 heteroatoms. The molecule has 0 spiro atoms. The van der Waals surface area contributed by atoms with Crippen LogP contribution in [0.4, 0.5) is 0 Å². The number of methoxy groups -OCH3 is 1. The molecule has 0 N–H and O–H groups in total. The summed E-state index contributed by atoms with van der Waals surface area (Å²) < 4.78 is 41.0. The van der Waals surface area contributed by atoms with Crippen molar-refractivity contribution in [2.75, 3.05) is 7.11 Å². The van der Waals surface area contributed by atoms with Crippen LogP contribution in [0.15, 0.2) is 88.2 Å². The second-order valence-corrected chi connectivity index (χ2v) is 8.59. The molecule has 4 aromatic rings. The molecule has 30 heavy (non-hydrogen) atoms. The SMILES string of the molecule is COc1ccc2ccc(OC(=O)c3ccc(CS(=O)(=O)c4ccccc4)o3)cc2c1. The number of carbonyl (C=O) groups excluding carboxylic acids is 1. The molecule has 1 heterocycles. The van der Waals surface area contributed by atoms with Crippen molar-refractivity contribution in [1.82, 2.24) is 0 Å². The van der Waals surface area contributed by atoms with Crippen LogP contribution in [0.2, 0.25) is 0 Å². The van der Waals surface area contributed by atoms with Gasteiger partial charge in [-0.05, 0) is 59.3 Å². The number of rotatable bonds is 6. The molecule has 3 aromatic carbocycles. The van der Waals surface area contributed by atoms with Gasteiger partial charge >= 0.3 is 5.97 Å². The highest BCUT2D eigenvalue weighted by atomic mass is 32.2. The molecule has 0 aliphatic heterocycles. The van der Waals surface area contributed by atoms with Gasteiger partial charge in [0.05, 0.1) is 12.0 Å². The van der Waals surface area contributed by atoms with Gasteiger partial charge in [0.1, 0.15) is 23.0 Å². The van der Waals surface area contributed by atoms with Gasteiger partial charge in [-0.25, -0.2) is 13.2 Å². The van der Waals surface area contributed by atoms with E-state index < -0.39 is 15.8 Å². The molecule has 6 nitrogen and oxygen atoms in total. The van der Waals surface area contributed by atoms with Crippen LogP contribution in [0.25, 0.3) is 10.8 Å². The summed E-state index contributed by atoms with van der Waals surface area (Å²) in [5, 5.41) is 1.83. The van der Waals surface area contributed by atoms with Gasteiger partial charge in [0.25, 0.3) is 0 Å². The Labute approximate surface area is 173 Å². The Morgan fingerprint density at radius 2 is 1.57 bits per heavy atom. The third-order valence-electron chi connectivity index (χ3n) is 4.53. The highest BCUT2D eigenvalue weighted by molar-refractivity contribution is 7.90. The molecule has 0 bridgehead atoms. The Hall–Kier alpha value is -3.58. The molecule has 4 rings (SSSR count). The molecule has 0 fully saturated rings. The third kappa shape index (κ3) is 4.21. The van der Waals surface area contributed by atoms with Crippen LogP contribution in [0.3, 0.4) is 0 Å². The number of hydrogen-bond acceptors (Lipinski definition) is 6. The van der Waals surface area contributed by atoms with Gasteiger partial charge in [0.15, 0.2) is 9.84 Å². The van der Waals surface area contributed by atoms with Crippen molar-refractivity contribution in [2.45, 2.75) is 10.6 Å². The van der Waals surface area contributed by atoms with E-state index in [2.05, 4.69) is 0 Å². The lowest BCUT2D eigenvalue weighted by Crippen LogP contribution is -2.07. The lowest BCUT2D eigenvalue weighted by Gasteiger charge is -2.06. The minimum absolute atomic E-state index is 0.0704. The largest absolute Gasteiger partial charge is 0.497 e. The van der Waals surface area contributed by atoms with Gasteiger partial charge in [-0.2, -0.15) is 0 Å². The van der Waals surface area contributed by atoms with Crippen molar-refractivity contribution in [2.24, 2.45) is 0 Å². The van der Waals surface area contributed by atoms with Crippen molar-refractivity contribution < 1.29 is 27.1 Å². The summed E-state index contributed by atoms with van der Waals surface area (Å²) in [6.45, 7) is 0. The summed E-state index contributed by atoms with van der Waals surface area (Å²) in [6, 6.07) is 21.8. The number of benzene rings is 3. The van der Waals surface area contributed by atoms with Gasteiger partial charge in [-0.1, -0.05) is 30.3 Å². The zero-order valence-electron chi connectivity index (χ0n) is 16.1. The predicted molar refractivity (Wildman–Crippen MR) is 111 cm³/mol. The Morgan fingerprint density at radius 1 is 0.867 bits per heavy atom. The first kappa shape index (κ1) is 19.7. The van der Waals surface area contributed by atoms with Gasteiger partial charge in [0, 0.05) is 0 Å². The van der Waals surface area contributed by atoms with Crippen LogP contribution in [-0.4, -0.2) is 21.5 Å². The van der Waals surface area contributed by atoms with Gasteiger partial charge < -0.3 is 13.9 Å². The number of ether oxygens (including phenoxy) is 2. The third-order valence-corrected chi connectivity index (χ3v) is 6.18. The molecular weight excluding hydrogens is 404 g/mol. The smallest absolute Gasteiger partial charge is 0.379 e. The highest BCUT2D eigenvalue weighted by Gasteiger charge is 2.20. The zero-order valence-corrected chi connectivity index (χ0v) is 16.9. The standard InChI is InChI=1S/C23H18O6S/c1-27-18-9-7-16-8-10-19(14-17(16)13-18)29-23(24)22-12-11-20(28-22)15-30(25,26)21-5-3-2-4-6-21/h2-14H,15H2,1H3. The average Bonchev–Trinajstić information content (AvgIpc) is 3.22. The average molecular weight is 422 g/mol. The molecule has 0 aliphatic rings. The second-order valence-electron chi connectivity index (χ2n) is 6.60. The van der Waals surface area contributed by atoms with Crippen molar-refractivity contribution in [3.05, 3.63) is 90.4 Å². The molecule has 0 saturated heterocycles. The first-order chi connectivity index (χ1) is 14.4. The van der Waals surface area contributed by atoms with Gasteiger partial charge in [0.2, 0.25) is 5.76 Å². The summed E-state index contributed by atoms with van der Waals surface area (Å²) in [5.41, 5.74) is 0. The first-order valence-corrected chi connectivity index (χ1v) is 10.8. The number of fused-ring (bicyclic) bond motifs is 1. The van der Waals surface area contributed by atoms with Gasteiger partial charge in [-0.15, -0.1) is 0 Å². The van der Waals surface area contributed by atoms with Crippen LogP contribution in [0.5, 0.6) is 11.5 Å². The molecule has 0 amide bonds. The predicted octanol–water partition coefficient (Wildman–Crippen LogP) is 4.63. The highest BCUT2D eigenvalue weighted by Crippen LogP contribution is 2.26. The fraction of sp³-hybridized carbons (Fsp3) is 0.0870. The van der Waals surface area contributed by atoms with E-state index in [0.717, 1.165) is 10.8 Å². The van der Waals surface area contributed by atoms with Crippen molar-refractivity contribution in [1.29, 1.82) is 0 Å². The minimum Gasteiger partial charge on any atom is -0.497 e. The van der Waals surface area contributed by atoms with E-state index >= 15 is 0 Å². The fourth-order valence-electron chi connectivity index (χ4n) is 3.01. The van der Waals surface area contributed by atoms with E-state index in [0.29, 0.717) is 11.5 Å². The van der Waals surface area contributed by atoms with Crippen molar-refractivity contribution in [3.8, 4) is 11.5 Å². The topological polar surface area (TPSA) is 82.8 Å². The van der Waals surface area contributed by atoms with Crippen LogP contribution < -0.4 is 9.47 Å². The maximum absolute atomic E-state index is 12.5. The molecular formula is C23H18O6S.